The number of benzene rings is 2. The highest BCUT2D eigenvalue weighted by Crippen LogP contribution is 2.15. The predicted octanol–water partition coefficient (Wildman–Crippen LogP) is 3.71. The van der Waals surface area contributed by atoms with Crippen molar-refractivity contribution in [1.29, 1.82) is 0 Å². The summed E-state index contributed by atoms with van der Waals surface area (Å²) in [4.78, 5) is 23.8. The van der Waals surface area contributed by atoms with Gasteiger partial charge in [-0.3, -0.25) is 9.59 Å². The van der Waals surface area contributed by atoms with Crippen molar-refractivity contribution in [2.45, 2.75) is 26.4 Å². The van der Waals surface area contributed by atoms with Gasteiger partial charge < -0.3 is 4.74 Å². The first-order valence-electron chi connectivity index (χ1n) is 7.51. The van der Waals surface area contributed by atoms with Gasteiger partial charge in [-0.1, -0.05) is 42.5 Å². The number of halogens is 1. The van der Waals surface area contributed by atoms with E-state index in [-0.39, 0.29) is 18.2 Å². The maximum absolute atomic E-state index is 12.9. The zero-order chi connectivity index (χ0) is 16.7. The van der Waals surface area contributed by atoms with Gasteiger partial charge in [0, 0.05) is 0 Å². The molecular formula is C19H19FO3. The molecule has 0 fully saturated rings. The van der Waals surface area contributed by atoms with Crippen LogP contribution in [0.4, 0.5) is 4.39 Å². The molecule has 1 atom stereocenters. The number of carbonyl (C=O) groups is 2. The lowest BCUT2D eigenvalue weighted by Crippen LogP contribution is -2.25. The van der Waals surface area contributed by atoms with Gasteiger partial charge in [0.15, 0.2) is 0 Å². The molecule has 4 heteroatoms. The van der Waals surface area contributed by atoms with E-state index in [2.05, 4.69) is 0 Å². The monoisotopic (exact) mass is 314 g/mol. The third-order valence-corrected chi connectivity index (χ3v) is 3.63. The largest absolute Gasteiger partial charge is 0.460 e. The van der Waals surface area contributed by atoms with Crippen molar-refractivity contribution in [1.82, 2.24) is 0 Å². The van der Waals surface area contributed by atoms with E-state index in [9.17, 15) is 14.0 Å². The Bertz CT molecular complexity index is 650. The summed E-state index contributed by atoms with van der Waals surface area (Å²) in [5.41, 5.74) is 1.76. The molecule has 0 amide bonds. The summed E-state index contributed by atoms with van der Waals surface area (Å²) < 4.78 is 18.1. The Morgan fingerprint density at radius 2 is 1.65 bits per heavy atom. The van der Waals surface area contributed by atoms with E-state index in [1.165, 1.54) is 19.1 Å². The summed E-state index contributed by atoms with van der Waals surface area (Å²) >= 11 is 0. The minimum absolute atomic E-state index is 0.153. The van der Waals surface area contributed by atoms with E-state index in [4.69, 9.17) is 4.74 Å². The van der Waals surface area contributed by atoms with E-state index in [1.54, 1.807) is 12.1 Å². The molecule has 0 aliphatic rings. The molecule has 120 valence electrons. The van der Waals surface area contributed by atoms with Crippen molar-refractivity contribution in [3.05, 3.63) is 71.5 Å². The molecular weight excluding hydrogens is 295 g/mol. The van der Waals surface area contributed by atoms with Gasteiger partial charge in [0.05, 0.1) is 0 Å². The molecule has 0 radical (unpaired) electrons. The third-order valence-electron chi connectivity index (χ3n) is 3.63. The number of hydrogen-bond acceptors (Lipinski definition) is 3. The Kier molecular flexibility index (Phi) is 6.03. The Morgan fingerprint density at radius 3 is 2.26 bits per heavy atom. The smallest absolute Gasteiger partial charge is 0.316 e. The van der Waals surface area contributed by atoms with Gasteiger partial charge >= 0.3 is 5.97 Å². The number of carbonyl (C=O) groups excluding carboxylic acids is 2. The van der Waals surface area contributed by atoms with Crippen molar-refractivity contribution in [3.8, 4) is 0 Å². The quantitative estimate of drug-likeness (QED) is 0.578. The van der Waals surface area contributed by atoms with Crippen LogP contribution in [0.2, 0.25) is 0 Å². The number of aryl methyl sites for hydroxylation is 1. The van der Waals surface area contributed by atoms with E-state index in [0.717, 1.165) is 11.1 Å². The second kappa shape index (κ2) is 8.22. The molecule has 0 spiro atoms. The minimum atomic E-state index is -0.788. The molecule has 23 heavy (non-hydrogen) atoms. The first-order chi connectivity index (χ1) is 11.1. The predicted molar refractivity (Wildman–Crippen MR) is 85.1 cm³/mol. The molecule has 3 nitrogen and oxygen atoms in total. The van der Waals surface area contributed by atoms with Crippen molar-refractivity contribution in [3.63, 3.8) is 0 Å². The summed E-state index contributed by atoms with van der Waals surface area (Å²) in [6.45, 7) is 1.54. The highest BCUT2D eigenvalue weighted by atomic mass is 19.1. The van der Waals surface area contributed by atoms with Crippen molar-refractivity contribution in [2.75, 3.05) is 0 Å². The number of Topliss-reactive ketones (excluding diaryl/α,β-unsaturated/α-hetero) is 1. The number of rotatable bonds is 7. The lowest BCUT2D eigenvalue weighted by molar-refractivity contribution is -0.153. The maximum atomic E-state index is 12.9. The molecule has 0 saturated carbocycles. The first kappa shape index (κ1) is 16.9. The summed E-state index contributed by atoms with van der Waals surface area (Å²) in [5.74, 6) is -1.82. The lowest BCUT2D eigenvalue weighted by Gasteiger charge is -2.13. The molecule has 0 heterocycles. The van der Waals surface area contributed by atoms with Gasteiger partial charge in [0.2, 0.25) is 0 Å². The SMILES string of the molecule is CC(=O)C(CCc1ccc(F)cc1)C(=O)OCc1ccccc1. The molecule has 1 unspecified atom stereocenters. The van der Waals surface area contributed by atoms with Crippen LogP contribution in [0.5, 0.6) is 0 Å². The molecule has 2 rings (SSSR count). The fourth-order valence-electron chi connectivity index (χ4n) is 2.28. The van der Waals surface area contributed by atoms with E-state index < -0.39 is 11.9 Å². The van der Waals surface area contributed by atoms with Crippen LogP contribution in [0.3, 0.4) is 0 Å². The number of ketones is 1. The van der Waals surface area contributed by atoms with Crippen LogP contribution in [0.25, 0.3) is 0 Å². The van der Waals surface area contributed by atoms with Crippen LogP contribution in [0, 0.1) is 11.7 Å². The van der Waals surface area contributed by atoms with Crippen molar-refractivity contribution in [2.24, 2.45) is 5.92 Å². The van der Waals surface area contributed by atoms with Gasteiger partial charge in [-0.2, -0.15) is 0 Å². The molecule has 0 aromatic heterocycles. The van der Waals surface area contributed by atoms with Crippen molar-refractivity contribution < 1.29 is 18.7 Å². The number of ether oxygens (including phenoxy) is 1. The summed E-state index contributed by atoms with van der Waals surface area (Å²) in [6, 6.07) is 15.4. The Hall–Kier alpha value is -2.49. The fraction of sp³-hybridized carbons (Fsp3) is 0.263. The number of hydrogen-bond donors (Lipinski definition) is 0. The van der Waals surface area contributed by atoms with Gasteiger partial charge in [0.25, 0.3) is 0 Å². The van der Waals surface area contributed by atoms with Gasteiger partial charge in [0.1, 0.15) is 24.1 Å². The molecule has 0 aliphatic heterocycles. The second-order valence-electron chi connectivity index (χ2n) is 5.42. The summed E-state index contributed by atoms with van der Waals surface area (Å²) in [6.07, 6.45) is 0.875. The molecule has 2 aromatic rings. The van der Waals surface area contributed by atoms with Crippen LogP contribution in [-0.2, 0) is 27.4 Å². The van der Waals surface area contributed by atoms with Gasteiger partial charge in [-0.15, -0.1) is 0 Å². The topological polar surface area (TPSA) is 43.4 Å². The van der Waals surface area contributed by atoms with E-state index in [1.807, 2.05) is 30.3 Å². The highest BCUT2D eigenvalue weighted by Gasteiger charge is 2.24. The standard InChI is InChI=1S/C19H19FO3/c1-14(21)18(12-9-15-7-10-17(20)11-8-15)19(22)23-13-16-5-3-2-4-6-16/h2-8,10-11,18H,9,12-13H2,1H3. The van der Waals surface area contributed by atoms with Gasteiger partial charge in [-0.25, -0.2) is 4.39 Å². The zero-order valence-corrected chi connectivity index (χ0v) is 13.0. The van der Waals surface area contributed by atoms with Crippen LogP contribution < -0.4 is 0 Å². The average molecular weight is 314 g/mol. The Morgan fingerprint density at radius 1 is 1.00 bits per heavy atom. The van der Waals surface area contributed by atoms with Crippen LogP contribution in [0.1, 0.15) is 24.5 Å². The molecule has 0 N–H and O–H groups in total. The zero-order valence-electron chi connectivity index (χ0n) is 13.0. The maximum Gasteiger partial charge on any atom is 0.316 e. The van der Waals surface area contributed by atoms with Crippen LogP contribution in [0.15, 0.2) is 54.6 Å². The minimum Gasteiger partial charge on any atom is -0.460 e. The fourth-order valence-corrected chi connectivity index (χ4v) is 2.28. The van der Waals surface area contributed by atoms with E-state index in [0.29, 0.717) is 12.8 Å². The molecule has 0 bridgehead atoms. The van der Waals surface area contributed by atoms with Crippen molar-refractivity contribution >= 4 is 11.8 Å². The van der Waals surface area contributed by atoms with Crippen LogP contribution >= 0.6 is 0 Å². The average Bonchev–Trinajstić information content (AvgIpc) is 2.55. The normalized spacial score (nSPS) is 11.7. The Labute approximate surface area is 135 Å². The first-order valence-corrected chi connectivity index (χ1v) is 7.51. The number of esters is 1. The highest BCUT2D eigenvalue weighted by molar-refractivity contribution is 5.97. The summed E-state index contributed by atoms with van der Waals surface area (Å²) in [5, 5.41) is 0. The van der Waals surface area contributed by atoms with E-state index >= 15 is 0 Å². The summed E-state index contributed by atoms with van der Waals surface area (Å²) in [7, 11) is 0. The van der Waals surface area contributed by atoms with Gasteiger partial charge in [-0.05, 0) is 43.0 Å². The Balaban J connectivity index is 1.90. The second-order valence-corrected chi connectivity index (χ2v) is 5.42. The molecule has 0 aliphatic carbocycles. The van der Waals surface area contributed by atoms with Crippen LogP contribution in [-0.4, -0.2) is 11.8 Å². The lowest BCUT2D eigenvalue weighted by atomic mass is 9.96. The molecule has 2 aromatic carbocycles. The molecule has 0 saturated heterocycles. The third kappa shape index (κ3) is 5.33.